The zero-order valence-corrected chi connectivity index (χ0v) is 16.9. The molecule has 1 saturated heterocycles. The molecule has 158 valence electrons. The van der Waals surface area contributed by atoms with Gasteiger partial charge in [0.2, 0.25) is 11.8 Å². The molecule has 0 unspecified atom stereocenters. The number of aryl methyl sites for hydroxylation is 1. The lowest BCUT2D eigenvalue weighted by molar-refractivity contribution is -0.137. The maximum Gasteiger partial charge on any atom is 0.416 e. The number of hydrogen-bond acceptors (Lipinski definition) is 4. The fourth-order valence-corrected chi connectivity index (χ4v) is 4.42. The molecule has 2 aromatic rings. The number of amides is 2. The van der Waals surface area contributed by atoms with Crippen LogP contribution in [-0.4, -0.2) is 45.1 Å². The first-order valence-electron chi connectivity index (χ1n) is 9.48. The molecule has 2 amide bonds. The summed E-state index contributed by atoms with van der Waals surface area (Å²) in [5.74, 6) is -0.763. The molecule has 0 aliphatic carbocycles. The van der Waals surface area contributed by atoms with E-state index in [-0.39, 0.29) is 17.6 Å². The molecule has 0 radical (unpaired) electrons. The average Bonchev–Trinajstić information content (AvgIpc) is 3.02. The lowest BCUT2D eigenvalue weighted by atomic mass is 9.97. The topological polar surface area (TPSA) is 81.2 Å². The van der Waals surface area contributed by atoms with Crippen LogP contribution < -0.4 is 5.73 Å². The summed E-state index contributed by atoms with van der Waals surface area (Å²) in [5.41, 5.74) is 5.51. The molecule has 3 rings (SSSR count). The van der Waals surface area contributed by atoms with E-state index in [1.807, 2.05) is 6.92 Å². The van der Waals surface area contributed by atoms with Crippen LogP contribution in [0.2, 0.25) is 0 Å². The Morgan fingerprint density at radius 2 is 2.10 bits per heavy atom. The van der Waals surface area contributed by atoms with Gasteiger partial charge in [0.25, 0.3) is 0 Å². The highest BCUT2D eigenvalue weighted by Crippen LogP contribution is 2.33. The van der Waals surface area contributed by atoms with Gasteiger partial charge < -0.3 is 15.2 Å². The number of carbonyl (C=O) groups is 2. The van der Waals surface area contributed by atoms with Gasteiger partial charge in [-0.05, 0) is 37.5 Å². The van der Waals surface area contributed by atoms with Crippen molar-refractivity contribution in [2.24, 2.45) is 11.7 Å². The van der Waals surface area contributed by atoms with Gasteiger partial charge in [0.05, 0.1) is 28.3 Å². The van der Waals surface area contributed by atoms with Crippen LogP contribution in [0.4, 0.5) is 13.2 Å². The fourth-order valence-electron chi connectivity index (χ4n) is 3.48. The number of benzene rings is 1. The van der Waals surface area contributed by atoms with Gasteiger partial charge in [0, 0.05) is 19.6 Å². The summed E-state index contributed by atoms with van der Waals surface area (Å²) in [6, 6.07) is 3.48. The summed E-state index contributed by atoms with van der Waals surface area (Å²) < 4.78 is 40.9. The Morgan fingerprint density at radius 1 is 1.34 bits per heavy atom. The van der Waals surface area contributed by atoms with Crippen molar-refractivity contribution in [2.45, 2.75) is 44.1 Å². The minimum Gasteiger partial charge on any atom is -0.369 e. The molecule has 10 heteroatoms. The van der Waals surface area contributed by atoms with Crippen molar-refractivity contribution in [3.8, 4) is 0 Å². The van der Waals surface area contributed by atoms with Crippen molar-refractivity contribution in [2.75, 3.05) is 18.8 Å². The van der Waals surface area contributed by atoms with Crippen LogP contribution in [0.5, 0.6) is 0 Å². The second-order valence-corrected chi connectivity index (χ2v) is 8.06. The van der Waals surface area contributed by atoms with Crippen LogP contribution in [0.3, 0.4) is 0 Å². The molecule has 2 N–H and O–H groups in total. The van der Waals surface area contributed by atoms with Gasteiger partial charge in [-0.1, -0.05) is 18.7 Å². The van der Waals surface area contributed by atoms with Crippen LogP contribution in [0.15, 0.2) is 23.4 Å². The Bertz CT molecular complexity index is 913. The van der Waals surface area contributed by atoms with Crippen molar-refractivity contribution in [3.05, 3.63) is 23.8 Å². The van der Waals surface area contributed by atoms with E-state index in [1.165, 1.54) is 17.8 Å². The number of hydrogen-bond donors (Lipinski definition) is 1. The Balaban J connectivity index is 1.78. The van der Waals surface area contributed by atoms with Gasteiger partial charge in [0.15, 0.2) is 5.16 Å². The molecule has 29 heavy (non-hydrogen) atoms. The molecular formula is C19H23F3N4O2S. The number of alkyl halides is 3. The van der Waals surface area contributed by atoms with Crippen molar-refractivity contribution in [1.82, 2.24) is 14.5 Å². The Hall–Kier alpha value is -2.23. The van der Waals surface area contributed by atoms with E-state index < -0.39 is 17.6 Å². The normalized spacial score (nSPS) is 17.7. The summed E-state index contributed by atoms with van der Waals surface area (Å²) >= 11 is 1.20. The van der Waals surface area contributed by atoms with Crippen LogP contribution >= 0.6 is 11.8 Å². The zero-order valence-electron chi connectivity index (χ0n) is 16.0. The van der Waals surface area contributed by atoms with Crippen LogP contribution in [0, 0.1) is 5.92 Å². The lowest BCUT2D eigenvalue weighted by Gasteiger charge is -2.31. The standard InChI is InChI=1S/C19H23F3N4O2S/c1-2-7-26-15-9-13(19(20,21)22)5-6-14(15)24-18(26)29-11-16(27)25-8-3-4-12(10-25)17(23)28/h5-6,9,12H,2-4,7-8,10-11H2,1H3,(H2,23,28)/t12-/m0/s1. The van der Waals surface area contributed by atoms with Crippen molar-refractivity contribution in [3.63, 3.8) is 0 Å². The van der Waals surface area contributed by atoms with Crippen molar-refractivity contribution < 1.29 is 22.8 Å². The Labute approximate surface area is 170 Å². The summed E-state index contributed by atoms with van der Waals surface area (Å²) in [5, 5.41) is 0.512. The molecule has 1 fully saturated rings. The number of carbonyl (C=O) groups excluding carboxylic acids is 2. The Kier molecular flexibility index (Phi) is 6.40. The van der Waals surface area contributed by atoms with Crippen molar-refractivity contribution in [1.29, 1.82) is 0 Å². The van der Waals surface area contributed by atoms with E-state index in [4.69, 9.17) is 5.73 Å². The maximum absolute atomic E-state index is 13.1. The number of primary amides is 1. The minimum absolute atomic E-state index is 0.102. The second-order valence-electron chi connectivity index (χ2n) is 7.12. The average molecular weight is 428 g/mol. The maximum atomic E-state index is 13.1. The van der Waals surface area contributed by atoms with Crippen molar-refractivity contribution >= 4 is 34.6 Å². The Morgan fingerprint density at radius 3 is 2.76 bits per heavy atom. The molecule has 1 aromatic heterocycles. The highest BCUT2D eigenvalue weighted by molar-refractivity contribution is 7.99. The SMILES string of the molecule is CCCn1c(SCC(=O)N2CCC[C@H](C(N)=O)C2)nc2ccc(C(F)(F)F)cc21. The summed E-state index contributed by atoms with van der Waals surface area (Å²) in [6.07, 6.45) is -2.31. The largest absolute Gasteiger partial charge is 0.416 e. The smallest absolute Gasteiger partial charge is 0.369 e. The number of imidazole rings is 1. The minimum atomic E-state index is -4.43. The third-order valence-corrected chi connectivity index (χ3v) is 5.95. The highest BCUT2D eigenvalue weighted by Gasteiger charge is 2.31. The summed E-state index contributed by atoms with van der Waals surface area (Å²) in [4.78, 5) is 30.0. The lowest BCUT2D eigenvalue weighted by Crippen LogP contribution is -2.44. The van der Waals surface area contributed by atoms with Crippen LogP contribution in [-0.2, 0) is 22.3 Å². The first-order chi connectivity index (χ1) is 13.7. The van der Waals surface area contributed by atoms with Gasteiger partial charge in [-0.3, -0.25) is 9.59 Å². The first-order valence-corrected chi connectivity index (χ1v) is 10.5. The molecular weight excluding hydrogens is 405 g/mol. The summed E-state index contributed by atoms with van der Waals surface area (Å²) in [6.45, 7) is 3.32. The van der Waals surface area contributed by atoms with Gasteiger partial charge in [0.1, 0.15) is 0 Å². The molecule has 2 heterocycles. The number of nitrogens with zero attached hydrogens (tertiary/aromatic N) is 3. The van der Waals surface area contributed by atoms with Crippen LogP contribution in [0.1, 0.15) is 31.7 Å². The second kappa shape index (κ2) is 8.64. The number of fused-ring (bicyclic) bond motifs is 1. The molecule has 1 aliphatic heterocycles. The number of halogens is 3. The van der Waals surface area contributed by atoms with Gasteiger partial charge >= 0.3 is 6.18 Å². The molecule has 1 aliphatic rings. The van der Waals surface area contributed by atoms with E-state index in [1.54, 1.807) is 9.47 Å². The van der Waals surface area contributed by atoms with E-state index in [0.29, 0.717) is 42.2 Å². The molecule has 0 bridgehead atoms. The van der Waals surface area contributed by atoms with Gasteiger partial charge in [-0.15, -0.1) is 0 Å². The number of likely N-dealkylation sites (tertiary alicyclic amines) is 1. The van der Waals surface area contributed by atoms with E-state index in [2.05, 4.69) is 4.98 Å². The van der Waals surface area contributed by atoms with E-state index in [9.17, 15) is 22.8 Å². The third-order valence-electron chi connectivity index (χ3n) is 4.99. The molecule has 1 atom stereocenters. The third kappa shape index (κ3) is 4.85. The van der Waals surface area contributed by atoms with Crippen LogP contribution in [0.25, 0.3) is 11.0 Å². The molecule has 6 nitrogen and oxygen atoms in total. The monoisotopic (exact) mass is 428 g/mol. The number of rotatable bonds is 6. The number of piperidine rings is 1. The predicted octanol–water partition coefficient (Wildman–Crippen LogP) is 3.28. The van der Waals surface area contributed by atoms with Gasteiger partial charge in [-0.2, -0.15) is 13.2 Å². The predicted molar refractivity (Wildman–Crippen MR) is 104 cm³/mol. The summed E-state index contributed by atoms with van der Waals surface area (Å²) in [7, 11) is 0. The van der Waals surface area contributed by atoms with E-state index >= 15 is 0 Å². The number of nitrogens with two attached hydrogens (primary N) is 1. The number of thioether (sulfide) groups is 1. The van der Waals surface area contributed by atoms with E-state index in [0.717, 1.165) is 25.0 Å². The molecule has 1 aromatic carbocycles. The molecule has 0 spiro atoms. The fraction of sp³-hybridized carbons (Fsp3) is 0.526. The first kappa shape index (κ1) is 21.5. The highest BCUT2D eigenvalue weighted by atomic mass is 32.2. The zero-order chi connectivity index (χ0) is 21.2. The molecule has 0 saturated carbocycles. The quantitative estimate of drug-likeness (QED) is 0.716. The van der Waals surface area contributed by atoms with Gasteiger partial charge in [-0.25, -0.2) is 4.98 Å². The number of aromatic nitrogens is 2.